The highest BCUT2D eigenvalue weighted by molar-refractivity contribution is 6.30. The molecule has 0 saturated carbocycles. The van der Waals surface area contributed by atoms with Gasteiger partial charge in [0, 0.05) is 37.8 Å². The van der Waals surface area contributed by atoms with Crippen LogP contribution < -0.4 is 5.32 Å². The van der Waals surface area contributed by atoms with Gasteiger partial charge in [-0.3, -0.25) is 9.58 Å². The van der Waals surface area contributed by atoms with E-state index in [0.717, 1.165) is 30.5 Å². The molecule has 1 saturated heterocycles. The first-order chi connectivity index (χ1) is 9.70. The molecule has 0 aliphatic carbocycles. The number of aromatic nitrogens is 2. The van der Waals surface area contributed by atoms with Gasteiger partial charge in [-0.25, -0.2) is 0 Å². The van der Waals surface area contributed by atoms with Crippen LogP contribution in [0.3, 0.4) is 0 Å². The Bertz CT molecular complexity index is 489. The zero-order valence-electron chi connectivity index (χ0n) is 14.2. The van der Waals surface area contributed by atoms with Crippen molar-refractivity contribution in [2.45, 2.75) is 59.7 Å². The highest BCUT2D eigenvalue weighted by atomic mass is 35.5. The van der Waals surface area contributed by atoms with E-state index in [0.29, 0.717) is 12.1 Å². The maximum Gasteiger partial charge on any atom is 0.131 e. The molecule has 5 heteroatoms. The molecule has 2 atom stereocenters. The van der Waals surface area contributed by atoms with Gasteiger partial charge in [-0.05, 0) is 32.2 Å². The van der Waals surface area contributed by atoms with Gasteiger partial charge in [0.15, 0.2) is 0 Å². The highest BCUT2D eigenvalue weighted by Gasteiger charge is 2.31. The Balaban J connectivity index is 2.19. The van der Waals surface area contributed by atoms with Crippen LogP contribution in [0.4, 0.5) is 0 Å². The second kappa shape index (κ2) is 6.27. The Labute approximate surface area is 133 Å². The zero-order valence-corrected chi connectivity index (χ0v) is 15.0. The van der Waals surface area contributed by atoms with Crippen molar-refractivity contribution in [1.82, 2.24) is 20.0 Å². The van der Waals surface area contributed by atoms with Crippen molar-refractivity contribution in [3.05, 3.63) is 16.4 Å². The van der Waals surface area contributed by atoms with E-state index in [2.05, 4.69) is 43.0 Å². The minimum atomic E-state index is 0.260. The van der Waals surface area contributed by atoms with Gasteiger partial charge >= 0.3 is 0 Å². The molecule has 2 unspecified atom stereocenters. The van der Waals surface area contributed by atoms with Crippen LogP contribution in [0.15, 0.2) is 0 Å². The molecule has 1 aliphatic rings. The fourth-order valence-corrected chi connectivity index (χ4v) is 3.22. The SMILES string of the molecule is Cc1nn(C)c(Cl)c1CN1CC(C(C)(C)C)NCCC1C. The Morgan fingerprint density at radius 2 is 2.05 bits per heavy atom. The zero-order chi connectivity index (χ0) is 15.8. The number of halogens is 1. The molecule has 2 heterocycles. The summed E-state index contributed by atoms with van der Waals surface area (Å²) in [6, 6.07) is 1.05. The lowest BCUT2D eigenvalue weighted by Gasteiger charge is -2.35. The molecule has 4 nitrogen and oxygen atoms in total. The van der Waals surface area contributed by atoms with Crippen LogP contribution in [0.25, 0.3) is 0 Å². The molecule has 0 bridgehead atoms. The largest absolute Gasteiger partial charge is 0.312 e. The number of aryl methyl sites for hydroxylation is 2. The van der Waals surface area contributed by atoms with Crippen LogP contribution in [-0.2, 0) is 13.6 Å². The number of rotatable bonds is 2. The van der Waals surface area contributed by atoms with Gasteiger partial charge in [0.25, 0.3) is 0 Å². The molecular formula is C16H29ClN4. The van der Waals surface area contributed by atoms with Crippen molar-refractivity contribution in [2.24, 2.45) is 12.5 Å². The monoisotopic (exact) mass is 312 g/mol. The van der Waals surface area contributed by atoms with Gasteiger partial charge in [-0.2, -0.15) is 5.10 Å². The van der Waals surface area contributed by atoms with E-state index in [4.69, 9.17) is 11.6 Å². The van der Waals surface area contributed by atoms with Gasteiger partial charge in [0.05, 0.1) is 5.69 Å². The molecule has 0 radical (unpaired) electrons. The lowest BCUT2D eigenvalue weighted by atomic mass is 9.86. The van der Waals surface area contributed by atoms with Crippen molar-refractivity contribution < 1.29 is 0 Å². The predicted molar refractivity (Wildman–Crippen MR) is 88.7 cm³/mol. The molecule has 1 fully saturated rings. The summed E-state index contributed by atoms with van der Waals surface area (Å²) in [6.45, 7) is 14.3. The summed E-state index contributed by atoms with van der Waals surface area (Å²) >= 11 is 6.41. The van der Waals surface area contributed by atoms with E-state index >= 15 is 0 Å². The third-order valence-corrected chi connectivity index (χ3v) is 5.14. The van der Waals surface area contributed by atoms with Crippen LogP contribution >= 0.6 is 11.6 Å². The number of hydrogen-bond donors (Lipinski definition) is 1. The van der Waals surface area contributed by atoms with E-state index in [1.165, 1.54) is 12.0 Å². The van der Waals surface area contributed by atoms with E-state index in [9.17, 15) is 0 Å². The second-order valence-corrected chi connectivity index (χ2v) is 7.78. The quantitative estimate of drug-likeness (QED) is 0.911. The Hall–Kier alpha value is -0.580. The smallest absolute Gasteiger partial charge is 0.131 e. The molecule has 0 aromatic carbocycles. The molecule has 1 aromatic rings. The predicted octanol–water partition coefficient (Wildman–Crippen LogP) is 2.98. The summed E-state index contributed by atoms with van der Waals surface area (Å²) in [6.07, 6.45) is 1.17. The average Bonchev–Trinajstić information content (AvgIpc) is 2.53. The van der Waals surface area contributed by atoms with Gasteiger partial charge in [0.2, 0.25) is 0 Å². The summed E-state index contributed by atoms with van der Waals surface area (Å²) in [5.41, 5.74) is 2.47. The minimum absolute atomic E-state index is 0.260. The molecule has 120 valence electrons. The van der Waals surface area contributed by atoms with Crippen molar-refractivity contribution in [3.8, 4) is 0 Å². The summed E-state index contributed by atoms with van der Waals surface area (Å²) in [5.74, 6) is 0. The summed E-state index contributed by atoms with van der Waals surface area (Å²) < 4.78 is 1.77. The van der Waals surface area contributed by atoms with Crippen LogP contribution in [0.1, 0.15) is 45.4 Å². The lowest BCUT2D eigenvalue weighted by Crippen LogP contribution is -2.47. The van der Waals surface area contributed by atoms with Crippen LogP contribution in [0, 0.1) is 12.3 Å². The van der Waals surface area contributed by atoms with Gasteiger partial charge in [-0.15, -0.1) is 0 Å². The second-order valence-electron chi connectivity index (χ2n) is 7.42. The fourth-order valence-electron chi connectivity index (χ4n) is 2.99. The van der Waals surface area contributed by atoms with Crippen molar-refractivity contribution >= 4 is 11.6 Å². The first-order valence-corrected chi connectivity index (χ1v) is 8.23. The Morgan fingerprint density at radius 1 is 1.38 bits per heavy atom. The van der Waals surface area contributed by atoms with E-state index in [1.54, 1.807) is 4.68 Å². The fraction of sp³-hybridized carbons (Fsp3) is 0.812. The van der Waals surface area contributed by atoms with E-state index in [1.807, 2.05) is 14.0 Å². The normalized spacial score (nSPS) is 25.1. The maximum atomic E-state index is 6.41. The minimum Gasteiger partial charge on any atom is -0.312 e. The lowest BCUT2D eigenvalue weighted by molar-refractivity contribution is 0.157. The maximum absolute atomic E-state index is 6.41. The van der Waals surface area contributed by atoms with E-state index < -0.39 is 0 Å². The van der Waals surface area contributed by atoms with E-state index in [-0.39, 0.29) is 5.41 Å². The molecule has 21 heavy (non-hydrogen) atoms. The standard InChI is InChI=1S/C16H29ClN4/c1-11-7-8-18-14(16(3,4)5)10-21(11)9-13-12(2)19-20(6)15(13)17/h11,14,18H,7-10H2,1-6H3. The molecule has 1 aliphatic heterocycles. The molecule has 2 rings (SSSR count). The van der Waals surface area contributed by atoms with Gasteiger partial charge in [0.1, 0.15) is 5.15 Å². The Kier molecular flexibility index (Phi) is 5.01. The Morgan fingerprint density at radius 3 is 2.57 bits per heavy atom. The van der Waals surface area contributed by atoms with Gasteiger partial charge < -0.3 is 5.32 Å². The van der Waals surface area contributed by atoms with Crippen molar-refractivity contribution in [1.29, 1.82) is 0 Å². The van der Waals surface area contributed by atoms with Crippen LogP contribution in [-0.4, -0.2) is 39.9 Å². The average molecular weight is 313 g/mol. The van der Waals surface area contributed by atoms with Crippen LogP contribution in [0.5, 0.6) is 0 Å². The summed E-state index contributed by atoms with van der Waals surface area (Å²) in [7, 11) is 1.91. The van der Waals surface area contributed by atoms with Gasteiger partial charge in [-0.1, -0.05) is 32.4 Å². The molecular weight excluding hydrogens is 284 g/mol. The highest BCUT2D eigenvalue weighted by Crippen LogP contribution is 2.27. The molecule has 1 aromatic heterocycles. The first-order valence-electron chi connectivity index (χ1n) is 7.85. The topological polar surface area (TPSA) is 33.1 Å². The number of hydrogen-bond acceptors (Lipinski definition) is 3. The van der Waals surface area contributed by atoms with Crippen molar-refractivity contribution in [2.75, 3.05) is 13.1 Å². The van der Waals surface area contributed by atoms with Crippen LogP contribution in [0.2, 0.25) is 5.15 Å². The van der Waals surface area contributed by atoms with Crippen molar-refractivity contribution in [3.63, 3.8) is 0 Å². The molecule has 1 N–H and O–H groups in total. The number of nitrogens with one attached hydrogen (secondary N) is 1. The third kappa shape index (κ3) is 3.79. The summed E-state index contributed by atoms with van der Waals surface area (Å²) in [5, 5.41) is 8.91. The molecule has 0 spiro atoms. The molecule has 0 amide bonds. The third-order valence-electron chi connectivity index (χ3n) is 4.67. The number of nitrogens with zero attached hydrogens (tertiary/aromatic N) is 3. The summed E-state index contributed by atoms with van der Waals surface area (Å²) in [4.78, 5) is 2.55. The first kappa shape index (κ1) is 16.8.